The molecule has 0 radical (unpaired) electrons. The number of aromatic amines is 1. The van der Waals surface area contributed by atoms with Gasteiger partial charge in [-0.05, 0) is 72.5 Å². The molecule has 0 spiro atoms. The van der Waals surface area contributed by atoms with E-state index in [0.29, 0.717) is 43.3 Å². The fraction of sp³-hybridized carbons (Fsp3) is 0.464. The molecule has 2 aliphatic rings. The van der Waals surface area contributed by atoms with Crippen LogP contribution in [0, 0.1) is 13.8 Å². The van der Waals surface area contributed by atoms with E-state index in [-0.39, 0.29) is 17.5 Å². The van der Waals surface area contributed by atoms with Gasteiger partial charge in [0.25, 0.3) is 11.5 Å². The maximum atomic E-state index is 13.6. The lowest BCUT2D eigenvalue weighted by molar-refractivity contribution is 0.0556. The van der Waals surface area contributed by atoms with Gasteiger partial charge in [-0.2, -0.15) is 0 Å². The summed E-state index contributed by atoms with van der Waals surface area (Å²) in [6, 6.07) is 9.35. The van der Waals surface area contributed by atoms with Crippen LogP contribution in [-0.4, -0.2) is 67.1 Å². The van der Waals surface area contributed by atoms with Crippen LogP contribution in [0.4, 0.5) is 0 Å². The zero-order valence-corrected chi connectivity index (χ0v) is 21.9. The van der Waals surface area contributed by atoms with Crippen molar-refractivity contribution in [2.24, 2.45) is 0 Å². The molecule has 0 bridgehead atoms. The zero-order valence-electron chi connectivity index (χ0n) is 21.9. The average Bonchev–Trinajstić information content (AvgIpc) is 3.63. The summed E-state index contributed by atoms with van der Waals surface area (Å²) in [5, 5.41) is 14.0. The van der Waals surface area contributed by atoms with Gasteiger partial charge in [0.1, 0.15) is 6.04 Å². The number of piperazine rings is 1. The molecular formula is C28H33N7O3. The second-order valence-corrected chi connectivity index (χ2v) is 10.6. The van der Waals surface area contributed by atoms with Gasteiger partial charge in [-0.3, -0.25) is 14.5 Å². The lowest BCUT2D eigenvalue weighted by Gasteiger charge is -2.38. The van der Waals surface area contributed by atoms with Crippen LogP contribution in [-0.2, 0) is 0 Å². The van der Waals surface area contributed by atoms with Gasteiger partial charge in [-0.25, -0.2) is 4.68 Å². The largest absolute Gasteiger partial charge is 0.459 e. The number of hydrogen-bond donors (Lipinski definition) is 1. The first-order valence-electron chi connectivity index (χ1n) is 13.5. The molecule has 4 heterocycles. The number of tetrazole rings is 1. The zero-order chi connectivity index (χ0) is 26.2. The number of furan rings is 1. The van der Waals surface area contributed by atoms with Gasteiger partial charge in [-0.15, -0.1) is 5.10 Å². The molecule has 2 fully saturated rings. The van der Waals surface area contributed by atoms with Crippen LogP contribution in [0.2, 0.25) is 0 Å². The molecule has 6 rings (SSSR count). The van der Waals surface area contributed by atoms with Gasteiger partial charge >= 0.3 is 0 Å². The van der Waals surface area contributed by atoms with Crippen molar-refractivity contribution >= 4 is 16.8 Å². The number of aromatic nitrogens is 5. The van der Waals surface area contributed by atoms with Crippen molar-refractivity contribution < 1.29 is 9.21 Å². The van der Waals surface area contributed by atoms with Gasteiger partial charge in [0.2, 0.25) is 0 Å². The first-order valence-corrected chi connectivity index (χ1v) is 13.5. The van der Waals surface area contributed by atoms with Gasteiger partial charge < -0.3 is 14.3 Å². The summed E-state index contributed by atoms with van der Waals surface area (Å²) in [5.74, 6) is 0.915. The predicted octanol–water partition coefficient (Wildman–Crippen LogP) is 3.78. The smallest absolute Gasteiger partial charge is 0.289 e. The molecule has 1 aromatic carbocycles. The molecule has 1 saturated carbocycles. The molecule has 1 amide bonds. The Morgan fingerprint density at radius 3 is 2.61 bits per heavy atom. The second-order valence-electron chi connectivity index (χ2n) is 10.6. The second kappa shape index (κ2) is 10.2. The molecule has 3 aromatic heterocycles. The van der Waals surface area contributed by atoms with E-state index in [9.17, 15) is 9.59 Å². The number of aryl methyl sites for hydroxylation is 2. The number of amides is 1. The van der Waals surface area contributed by atoms with E-state index in [2.05, 4.69) is 38.4 Å². The quantitative estimate of drug-likeness (QED) is 0.430. The molecule has 1 aliphatic carbocycles. The predicted molar refractivity (Wildman–Crippen MR) is 142 cm³/mol. The van der Waals surface area contributed by atoms with Gasteiger partial charge in [0, 0.05) is 42.6 Å². The molecule has 4 aromatic rings. The van der Waals surface area contributed by atoms with Crippen LogP contribution in [0.15, 0.2) is 45.8 Å². The lowest BCUT2D eigenvalue weighted by Crippen LogP contribution is -2.51. The first kappa shape index (κ1) is 24.5. The fourth-order valence-electron chi connectivity index (χ4n) is 6.10. The van der Waals surface area contributed by atoms with Crippen molar-refractivity contribution in [3.63, 3.8) is 0 Å². The Morgan fingerprint density at radius 1 is 1.08 bits per heavy atom. The minimum absolute atomic E-state index is 0.118. The Hall–Kier alpha value is -3.79. The third-order valence-electron chi connectivity index (χ3n) is 8.02. The molecule has 1 saturated heterocycles. The molecule has 198 valence electrons. The Kier molecular flexibility index (Phi) is 6.57. The highest BCUT2D eigenvalue weighted by molar-refractivity contribution is 5.91. The highest BCUT2D eigenvalue weighted by Gasteiger charge is 2.35. The highest BCUT2D eigenvalue weighted by atomic mass is 16.3. The highest BCUT2D eigenvalue weighted by Crippen LogP contribution is 2.34. The number of carbonyl (C=O) groups is 1. The van der Waals surface area contributed by atoms with Gasteiger partial charge in [0.15, 0.2) is 11.6 Å². The molecule has 1 unspecified atom stereocenters. The molecule has 1 aliphatic heterocycles. The normalized spacial score (nSPS) is 18.2. The average molecular weight is 516 g/mol. The van der Waals surface area contributed by atoms with Gasteiger partial charge in [0.05, 0.1) is 12.3 Å². The number of nitrogens with one attached hydrogen (secondary N) is 1. The Balaban J connectivity index is 1.39. The van der Waals surface area contributed by atoms with E-state index in [1.165, 1.54) is 12.7 Å². The third-order valence-corrected chi connectivity index (χ3v) is 8.02. The monoisotopic (exact) mass is 515 g/mol. The van der Waals surface area contributed by atoms with Crippen LogP contribution in [0.1, 0.15) is 77.3 Å². The summed E-state index contributed by atoms with van der Waals surface area (Å²) >= 11 is 0. The van der Waals surface area contributed by atoms with E-state index in [1.807, 2.05) is 23.7 Å². The van der Waals surface area contributed by atoms with Gasteiger partial charge in [-0.1, -0.05) is 25.3 Å². The summed E-state index contributed by atoms with van der Waals surface area (Å²) in [4.78, 5) is 33.7. The van der Waals surface area contributed by atoms with E-state index in [1.54, 1.807) is 17.0 Å². The molecule has 10 nitrogen and oxygen atoms in total. The van der Waals surface area contributed by atoms with Crippen molar-refractivity contribution in [1.82, 2.24) is 35.0 Å². The molecule has 38 heavy (non-hydrogen) atoms. The Morgan fingerprint density at radius 2 is 1.87 bits per heavy atom. The van der Waals surface area contributed by atoms with Crippen molar-refractivity contribution in [2.45, 2.75) is 58.0 Å². The Bertz CT molecular complexity index is 1490. The summed E-state index contributed by atoms with van der Waals surface area (Å²) in [7, 11) is 0. The number of nitrogens with zero attached hydrogens (tertiary/aromatic N) is 6. The molecule has 1 atom stereocenters. The van der Waals surface area contributed by atoms with Crippen LogP contribution < -0.4 is 5.56 Å². The fourth-order valence-corrected chi connectivity index (χ4v) is 6.10. The number of rotatable bonds is 5. The van der Waals surface area contributed by atoms with Crippen LogP contribution in [0.25, 0.3) is 10.9 Å². The standard InChI is InChI=1S/C28H33N7O3/c1-18-15-19(2)21-17-22(27(36)29-23(21)16-18)25(26-30-31-32-35(26)20-7-4-3-5-8-20)33-10-12-34(13-11-33)28(37)24-9-6-14-38-24/h6,9,14-17,20,25H,3-5,7-8,10-13H2,1-2H3,(H,29,36). The van der Waals surface area contributed by atoms with Crippen LogP contribution in [0.3, 0.4) is 0 Å². The summed E-state index contributed by atoms with van der Waals surface area (Å²) < 4.78 is 7.28. The molecule has 10 heteroatoms. The SMILES string of the molecule is Cc1cc(C)c2cc(C(c3nnnn3C3CCCCC3)N3CCN(C(=O)c4ccco4)CC3)c(=O)[nH]c2c1. The Labute approximate surface area is 220 Å². The maximum absolute atomic E-state index is 13.6. The van der Waals surface area contributed by atoms with Crippen molar-refractivity contribution in [3.8, 4) is 0 Å². The van der Waals surface area contributed by atoms with E-state index >= 15 is 0 Å². The third kappa shape index (κ3) is 4.53. The van der Waals surface area contributed by atoms with Crippen molar-refractivity contribution in [2.75, 3.05) is 26.2 Å². The van der Waals surface area contributed by atoms with Crippen LogP contribution in [0.5, 0.6) is 0 Å². The number of benzene rings is 1. The summed E-state index contributed by atoms with van der Waals surface area (Å²) in [5.41, 5.74) is 3.53. The topological polar surface area (TPSA) is 113 Å². The summed E-state index contributed by atoms with van der Waals surface area (Å²) in [6.07, 6.45) is 7.10. The number of fused-ring (bicyclic) bond motifs is 1. The van der Waals surface area contributed by atoms with E-state index in [0.717, 1.165) is 47.7 Å². The number of H-pyrrole nitrogens is 1. The number of carbonyl (C=O) groups excluding carboxylic acids is 1. The molecular weight excluding hydrogens is 482 g/mol. The van der Waals surface area contributed by atoms with E-state index in [4.69, 9.17) is 4.42 Å². The first-order chi connectivity index (χ1) is 18.5. The van der Waals surface area contributed by atoms with Crippen LogP contribution >= 0.6 is 0 Å². The minimum Gasteiger partial charge on any atom is -0.459 e. The number of pyridine rings is 1. The summed E-state index contributed by atoms with van der Waals surface area (Å²) in [6.45, 7) is 6.30. The molecule has 1 N–H and O–H groups in total. The van der Waals surface area contributed by atoms with Crippen molar-refractivity contribution in [3.05, 3.63) is 75.2 Å². The lowest BCUT2D eigenvalue weighted by atomic mass is 9.94. The minimum atomic E-state index is -0.429. The maximum Gasteiger partial charge on any atom is 0.289 e. The van der Waals surface area contributed by atoms with E-state index < -0.39 is 6.04 Å². The number of hydrogen-bond acceptors (Lipinski definition) is 7. The van der Waals surface area contributed by atoms with Crippen molar-refractivity contribution in [1.29, 1.82) is 0 Å².